The number of aromatic nitrogens is 1. The fraction of sp³-hybridized carbons (Fsp3) is 0.333. The van der Waals surface area contributed by atoms with Gasteiger partial charge in [0.25, 0.3) is 0 Å². The zero-order chi connectivity index (χ0) is 19.0. The molecular weight excluding hydrogens is 361 g/mol. The first kappa shape index (κ1) is 17.9. The van der Waals surface area contributed by atoms with Gasteiger partial charge in [-0.1, -0.05) is 23.5 Å². The van der Waals surface area contributed by atoms with Crippen LogP contribution < -0.4 is 10.2 Å². The molecule has 1 aliphatic heterocycles. The predicted molar refractivity (Wildman–Crippen MR) is 109 cm³/mol. The highest BCUT2D eigenvalue weighted by atomic mass is 32.1. The van der Waals surface area contributed by atoms with Crippen LogP contribution in [-0.4, -0.2) is 24.0 Å². The highest BCUT2D eigenvalue weighted by Gasteiger charge is 2.27. The molecule has 1 saturated heterocycles. The highest BCUT2D eigenvalue weighted by molar-refractivity contribution is 7.22. The number of amides is 1. The van der Waals surface area contributed by atoms with Crippen LogP contribution in [0.4, 0.5) is 15.2 Å². The van der Waals surface area contributed by atoms with E-state index in [1.807, 2.05) is 32.0 Å². The van der Waals surface area contributed by atoms with Crippen molar-refractivity contribution in [3.05, 3.63) is 53.3 Å². The number of rotatable bonds is 3. The van der Waals surface area contributed by atoms with E-state index in [0.29, 0.717) is 6.54 Å². The van der Waals surface area contributed by atoms with Crippen molar-refractivity contribution < 1.29 is 9.18 Å². The van der Waals surface area contributed by atoms with E-state index in [1.165, 1.54) is 29.0 Å². The lowest BCUT2D eigenvalue weighted by atomic mass is 9.97. The zero-order valence-corrected chi connectivity index (χ0v) is 16.3. The lowest BCUT2D eigenvalue weighted by molar-refractivity contribution is -0.120. The minimum absolute atomic E-state index is 0.0561. The fourth-order valence-electron chi connectivity index (χ4n) is 3.51. The van der Waals surface area contributed by atoms with Crippen LogP contribution in [0.3, 0.4) is 0 Å². The quantitative estimate of drug-likeness (QED) is 0.699. The number of carbonyl (C=O) groups is 1. The van der Waals surface area contributed by atoms with Crippen LogP contribution in [0.1, 0.15) is 24.0 Å². The number of nitrogens with one attached hydrogen (secondary N) is 1. The van der Waals surface area contributed by atoms with Gasteiger partial charge in [0, 0.05) is 18.8 Å². The number of anilines is 2. The van der Waals surface area contributed by atoms with Gasteiger partial charge < -0.3 is 10.2 Å². The Morgan fingerprint density at radius 2 is 2.15 bits per heavy atom. The molecule has 1 aliphatic rings. The van der Waals surface area contributed by atoms with E-state index in [4.69, 9.17) is 0 Å². The second-order valence-corrected chi connectivity index (χ2v) is 8.14. The number of halogens is 1. The minimum Gasteiger partial charge on any atom is -0.347 e. The molecule has 6 heteroatoms. The maximum absolute atomic E-state index is 13.4. The lowest BCUT2D eigenvalue weighted by Crippen LogP contribution is -2.40. The van der Waals surface area contributed by atoms with Gasteiger partial charge >= 0.3 is 0 Å². The van der Waals surface area contributed by atoms with Crippen molar-refractivity contribution in [3.8, 4) is 0 Å². The number of thiazole rings is 1. The summed E-state index contributed by atoms with van der Waals surface area (Å²) in [6, 6.07) is 10.6. The first-order chi connectivity index (χ1) is 13.0. The smallest absolute Gasteiger partial charge is 0.229 e. The summed E-state index contributed by atoms with van der Waals surface area (Å²) >= 11 is 1.48. The maximum atomic E-state index is 13.4. The van der Waals surface area contributed by atoms with E-state index in [-0.39, 0.29) is 17.6 Å². The molecule has 4 nitrogen and oxygen atoms in total. The van der Waals surface area contributed by atoms with E-state index in [1.54, 1.807) is 6.07 Å². The van der Waals surface area contributed by atoms with Gasteiger partial charge in [-0.25, -0.2) is 9.37 Å². The Morgan fingerprint density at radius 1 is 1.30 bits per heavy atom. The fourth-order valence-corrected chi connectivity index (χ4v) is 4.53. The van der Waals surface area contributed by atoms with Crippen LogP contribution in [0.25, 0.3) is 10.2 Å². The summed E-state index contributed by atoms with van der Waals surface area (Å²) in [5.74, 6) is -0.273. The van der Waals surface area contributed by atoms with Crippen LogP contribution in [0.15, 0.2) is 36.4 Å². The zero-order valence-electron chi connectivity index (χ0n) is 15.5. The molecule has 4 rings (SSSR count). The third-order valence-electron chi connectivity index (χ3n) is 5.26. The molecule has 27 heavy (non-hydrogen) atoms. The second-order valence-electron chi connectivity index (χ2n) is 7.13. The average molecular weight is 383 g/mol. The van der Waals surface area contributed by atoms with E-state index in [9.17, 15) is 9.18 Å². The van der Waals surface area contributed by atoms with Gasteiger partial charge in [0.15, 0.2) is 5.13 Å². The number of fused-ring (bicyclic) bond motifs is 1. The molecule has 0 aliphatic carbocycles. The van der Waals surface area contributed by atoms with Gasteiger partial charge in [-0.3, -0.25) is 4.79 Å². The molecule has 1 unspecified atom stereocenters. The Labute approximate surface area is 162 Å². The number of benzene rings is 2. The van der Waals surface area contributed by atoms with E-state index < -0.39 is 0 Å². The Balaban J connectivity index is 1.50. The maximum Gasteiger partial charge on any atom is 0.229 e. The molecule has 0 bridgehead atoms. The molecule has 0 spiro atoms. The Hall–Kier alpha value is -2.47. The van der Waals surface area contributed by atoms with Crippen molar-refractivity contribution in [2.24, 2.45) is 5.92 Å². The summed E-state index contributed by atoms with van der Waals surface area (Å²) in [7, 11) is 0. The molecule has 1 atom stereocenters. The number of carbonyl (C=O) groups excluding carboxylic acids is 1. The summed E-state index contributed by atoms with van der Waals surface area (Å²) in [6.07, 6.45) is 1.81. The Bertz CT molecular complexity index is 1000. The third kappa shape index (κ3) is 3.67. The summed E-state index contributed by atoms with van der Waals surface area (Å²) in [5, 5.41) is 3.96. The van der Waals surface area contributed by atoms with E-state index >= 15 is 0 Å². The van der Waals surface area contributed by atoms with E-state index in [2.05, 4.69) is 15.2 Å². The minimum atomic E-state index is -0.248. The summed E-state index contributed by atoms with van der Waals surface area (Å²) in [5.41, 5.74) is 3.96. The average Bonchev–Trinajstić information content (AvgIpc) is 3.09. The Kier molecular flexibility index (Phi) is 4.83. The van der Waals surface area contributed by atoms with Gasteiger partial charge in [-0.15, -0.1) is 0 Å². The highest BCUT2D eigenvalue weighted by Crippen LogP contribution is 2.32. The molecule has 1 N–H and O–H groups in total. The second kappa shape index (κ2) is 7.27. The van der Waals surface area contributed by atoms with Crippen molar-refractivity contribution >= 4 is 38.3 Å². The third-order valence-corrected chi connectivity index (χ3v) is 6.34. The van der Waals surface area contributed by atoms with Crippen molar-refractivity contribution in [2.45, 2.75) is 26.7 Å². The standard InChI is InChI=1S/C21H22FN3OS/c1-13-5-3-7-17(14(13)2)23-20(26)15-6-4-10-25(12-15)21-24-18-9-8-16(22)11-19(18)27-21/h3,5,7-9,11,15H,4,6,10,12H2,1-2H3,(H,23,26). The molecule has 1 amide bonds. The summed E-state index contributed by atoms with van der Waals surface area (Å²) in [4.78, 5) is 19.6. The van der Waals surface area contributed by atoms with Crippen molar-refractivity contribution in [1.82, 2.24) is 4.98 Å². The van der Waals surface area contributed by atoms with E-state index in [0.717, 1.165) is 46.0 Å². The molecule has 140 valence electrons. The van der Waals surface area contributed by atoms with Crippen LogP contribution in [-0.2, 0) is 4.79 Å². The monoisotopic (exact) mass is 383 g/mol. The van der Waals surface area contributed by atoms with Crippen molar-refractivity contribution in [1.29, 1.82) is 0 Å². The summed E-state index contributed by atoms with van der Waals surface area (Å²) in [6.45, 7) is 5.58. The number of nitrogens with zero attached hydrogens (tertiary/aromatic N) is 2. The molecule has 2 heterocycles. The van der Waals surface area contributed by atoms with Crippen LogP contribution in [0.2, 0.25) is 0 Å². The van der Waals surface area contributed by atoms with Crippen molar-refractivity contribution in [3.63, 3.8) is 0 Å². The Morgan fingerprint density at radius 3 is 3.00 bits per heavy atom. The number of hydrogen-bond acceptors (Lipinski definition) is 4. The molecule has 1 aromatic heterocycles. The molecule has 1 fully saturated rings. The van der Waals surface area contributed by atoms with Crippen LogP contribution in [0.5, 0.6) is 0 Å². The van der Waals surface area contributed by atoms with Gasteiger partial charge in [-0.05, 0) is 62.1 Å². The molecule has 0 radical (unpaired) electrons. The molecule has 3 aromatic rings. The number of piperidine rings is 1. The predicted octanol–water partition coefficient (Wildman–Crippen LogP) is 4.91. The SMILES string of the molecule is Cc1cccc(NC(=O)C2CCCN(c3nc4ccc(F)cc4s3)C2)c1C. The normalized spacial score (nSPS) is 17.3. The molecule has 0 saturated carbocycles. The largest absolute Gasteiger partial charge is 0.347 e. The molecule has 2 aromatic carbocycles. The summed E-state index contributed by atoms with van der Waals surface area (Å²) < 4.78 is 14.3. The van der Waals surface area contributed by atoms with Crippen molar-refractivity contribution in [2.75, 3.05) is 23.3 Å². The van der Waals surface area contributed by atoms with Crippen LogP contribution in [0, 0.1) is 25.6 Å². The van der Waals surface area contributed by atoms with Gasteiger partial charge in [0.05, 0.1) is 16.1 Å². The lowest BCUT2D eigenvalue weighted by Gasteiger charge is -2.31. The van der Waals surface area contributed by atoms with Crippen LogP contribution >= 0.6 is 11.3 Å². The van der Waals surface area contributed by atoms with Gasteiger partial charge in [0.2, 0.25) is 5.91 Å². The molecular formula is C21H22FN3OS. The topological polar surface area (TPSA) is 45.2 Å². The van der Waals surface area contributed by atoms with Gasteiger partial charge in [-0.2, -0.15) is 0 Å². The first-order valence-electron chi connectivity index (χ1n) is 9.19. The number of hydrogen-bond donors (Lipinski definition) is 1. The van der Waals surface area contributed by atoms with Gasteiger partial charge in [0.1, 0.15) is 5.82 Å². The number of aryl methyl sites for hydroxylation is 1. The first-order valence-corrected chi connectivity index (χ1v) is 10.0.